The number of aromatic nitrogens is 3. The Balaban J connectivity index is 1.61. The van der Waals surface area contributed by atoms with Crippen LogP contribution < -0.4 is 0 Å². The molecule has 0 amide bonds. The van der Waals surface area contributed by atoms with E-state index in [4.69, 9.17) is 4.98 Å². The van der Waals surface area contributed by atoms with Gasteiger partial charge in [0.25, 0.3) is 0 Å². The second kappa shape index (κ2) is 6.20. The van der Waals surface area contributed by atoms with Crippen LogP contribution in [0.1, 0.15) is 17.0 Å². The van der Waals surface area contributed by atoms with E-state index >= 15 is 0 Å². The fourth-order valence-corrected chi connectivity index (χ4v) is 2.95. The van der Waals surface area contributed by atoms with Crippen molar-refractivity contribution in [1.29, 1.82) is 0 Å². The molecule has 0 aliphatic rings. The first-order valence-electron chi connectivity index (χ1n) is 8.12. The number of hydrogen-bond acceptors (Lipinski definition) is 1. The molecule has 4 rings (SSSR count). The molecule has 0 atom stereocenters. The van der Waals surface area contributed by atoms with Crippen molar-refractivity contribution in [3.8, 4) is 22.6 Å². The van der Waals surface area contributed by atoms with Crippen molar-refractivity contribution >= 4 is 0 Å². The first-order chi connectivity index (χ1) is 11.8. The molecule has 3 nitrogen and oxygen atoms in total. The number of nitrogens with one attached hydrogen (secondary N) is 2. The van der Waals surface area contributed by atoms with E-state index in [1.54, 1.807) is 0 Å². The highest BCUT2D eigenvalue weighted by Gasteiger charge is 2.05. The van der Waals surface area contributed by atoms with Crippen LogP contribution in [-0.4, -0.2) is 15.0 Å². The van der Waals surface area contributed by atoms with E-state index < -0.39 is 0 Å². The molecule has 4 aromatic rings. The van der Waals surface area contributed by atoms with Gasteiger partial charge in [-0.25, -0.2) is 0 Å². The minimum Gasteiger partial charge on any atom is -0.360 e. The molecule has 1 aromatic carbocycles. The predicted octanol–water partition coefficient (Wildman–Crippen LogP) is 4.97. The molecular formula is C21H19N3. The van der Waals surface area contributed by atoms with Gasteiger partial charge >= 0.3 is 0 Å². The first kappa shape index (κ1) is 14.5. The zero-order chi connectivity index (χ0) is 16.4. The van der Waals surface area contributed by atoms with E-state index in [1.165, 1.54) is 16.8 Å². The van der Waals surface area contributed by atoms with Crippen LogP contribution in [0.3, 0.4) is 0 Å². The number of nitrogens with zero attached hydrogens (tertiary/aromatic N) is 1. The van der Waals surface area contributed by atoms with Crippen molar-refractivity contribution in [2.45, 2.75) is 13.3 Å². The van der Waals surface area contributed by atoms with E-state index in [0.29, 0.717) is 0 Å². The number of aromatic amines is 2. The topological polar surface area (TPSA) is 44.5 Å². The highest BCUT2D eigenvalue weighted by atomic mass is 14.8. The maximum absolute atomic E-state index is 4.78. The molecular weight excluding hydrogens is 294 g/mol. The van der Waals surface area contributed by atoms with Gasteiger partial charge in [0.1, 0.15) is 0 Å². The second-order valence-corrected chi connectivity index (χ2v) is 6.03. The van der Waals surface area contributed by atoms with Gasteiger partial charge in [0, 0.05) is 29.7 Å². The maximum Gasteiger partial charge on any atom is 0.0867 e. The molecule has 3 aromatic heterocycles. The predicted molar refractivity (Wildman–Crippen MR) is 97.8 cm³/mol. The van der Waals surface area contributed by atoms with Gasteiger partial charge in [0.15, 0.2) is 0 Å². The third-order valence-corrected chi connectivity index (χ3v) is 4.14. The molecule has 0 fully saturated rings. The van der Waals surface area contributed by atoms with Crippen molar-refractivity contribution in [1.82, 2.24) is 15.0 Å². The summed E-state index contributed by atoms with van der Waals surface area (Å²) in [6.07, 6.45) is 2.74. The number of H-pyrrole nitrogens is 2. The van der Waals surface area contributed by atoms with Crippen molar-refractivity contribution in [2.75, 3.05) is 0 Å². The SMILES string of the molecule is Cc1ccc(-c2cccc(Cc3cccc(-c4ccc[nH]4)n3)c2)[nH]1. The van der Waals surface area contributed by atoms with Gasteiger partial charge in [0.05, 0.1) is 11.4 Å². The van der Waals surface area contributed by atoms with Gasteiger partial charge in [-0.3, -0.25) is 4.98 Å². The van der Waals surface area contributed by atoms with Gasteiger partial charge < -0.3 is 9.97 Å². The second-order valence-electron chi connectivity index (χ2n) is 6.03. The summed E-state index contributed by atoms with van der Waals surface area (Å²) in [4.78, 5) is 11.4. The van der Waals surface area contributed by atoms with E-state index in [0.717, 1.165) is 29.2 Å². The average molecular weight is 313 g/mol. The Kier molecular flexibility index (Phi) is 3.75. The lowest BCUT2D eigenvalue weighted by Gasteiger charge is -2.06. The molecule has 24 heavy (non-hydrogen) atoms. The fourth-order valence-electron chi connectivity index (χ4n) is 2.95. The quantitative estimate of drug-likeness (QED) is 0.549. The van der Waals surface area contributed by atoms with E-state index in [2.05, 4.69) is 65.4 Å². The number of pyridine rings is 1. The van der Waals surface area contributed by atoms with E-state index in [9.17, 15) is 0 Å². The first-order valence-corrected chi connectivity index (χ1v) is 8.12. The highest BCUT2D eigenvalue weighted by Crippen LogP contribution is 2.21. The molecule has 0 bridgehead atoms. The van der Waals surface area contributed by atoms with Crippen LogP contribution in [0.5, 0.6) is 0 Å². The molecule has 0 radical (unpaired) electrons. The summed E-state index contributed by atoms with van der Waals surface area (Å²) in [5.41, 5.74) is 7.90. The summed E-state index contributed by atoms with van der Waals surface area (Å²) in [5, 5.41) is 0. The van der Waals surface area contributed by atoms with Crippen molar-refractivity contribution in [3.63, 3.8) is 0 Å². The molecule has 0 aliphatic carbocycles. The Morgan fingerprint density at radius 1 is 0.875 bits per heavy atom. The van der Waals surface area contributed by atoms with Crippen LogP contribution in [0.2, 0.25) is 0 Å². The van der Waals surface area contributed by atoms with Gasteiger partial charge in [-0.1, -0.05) is 24.3 Å². The van der Waals surface area contributed by atoms with Crippen LogP contribution in [-0.2, 0) is 6.42 Å². The van der Waals surface area contributed by atoms with Crippen molar-refractivity contribution in [2.24, 2.45) is 0 Å². The van der Waals surface area contributed by atoms with Crippen LogP contribution in [0.25, 0.3) is 22.6 Å². The molecule has 118 valence electrons. The summed E-state index contributed by atoms with van der Waals surface area (Å²) in [6, 6.07) is 23.1. The lowest BCUT2D eigenvalue weighted by Crippen LogP contribution is -1.94. The fraction of sp³-hybridized carbons (Fsp3) is 0.0952. The standard InChI is InChI=1S/C21H19N3/c1-15-10-11-19(23-15)17-6-2-5-16(13-17)14-18-7-3-8-21(24-18)20-9-4-12-22-20/h2-13,22-23H,14H2,1H3. The Hall–Kier alpha value is -3.07. The average Bonchev–Trinajstić information content (AvgIpc) is 3.27. The number of hydrogen-bond donors (Lipinski definition) is 2. The Bertz CT molecular complexity index is 949. The lowest BCUT2D eigenvalue weighted by molar-refractivity contribution is 1.07. The number of aryl methyl sites for hydroxylation is 1. The van der Waals surface area contributed by atoms with Crippen LogP contribution in [0, 0.1) is 6.92 Å². The van der Waals surface area contributed by atoms with Crippen LogP contribution in [0.4, 0.5) is 0 Å². The van der Waals surface area contributed by atoms with Crippen molar-refractivity contribution < 1.29 is 0 Å². The minimum absolute atomic E-state index is 0.822. The summed E-state index contributed by atoms with van der Waals surface area (Å²) in [7, 11) is 0. The largest absolute Gasteiger partial charge is 0.360 e. The van der Waals surface area contributed by atoms with Crippen molar-refractivity contribution in [3.05, 3.63) is 89.9 Å². The van der Waals surface area contributed by atoms with E-state index in [1.807, 2.05) is 24.4 Å². The Labute approximate surface area is 141 Å². The lowest BCUT2D eigenvalue weighted by atomic mass is 10.0. The zero-order valence-electron chi connectivity index (χ0n) is 13.6. The number of rotatable bonds is 4. The van der Waals surface area contributed by atoms with Gasteiger partial charge in [0.2, 0.25) is 0 Å². The Morgan fingerprint density at radius 3 is 2.58 bits per heavy atom. The van der Waals surface area contributed by atoms with Crippen LogP contribution >= 0.6 is 0 Å². The molecule has 0 saturated heterocycles. The Morgan fingerprint density at radius 2 is 1.79 bits per heavy atom. The smallest absolute Gasteiger partial charge is 0.0867 e. The summed E-state index contributed by atoms with van der Waals surface area (Å²) < 4.78 is 0. The molecule has 0 spiro atoms. The van der Waals surface area contributed by atoms with E-state index in [-0.39, 0.29) is 0 Å². The summed E-state index contributed by atoms with van der Waals surface area (Å²) in [6.45, 7) is 2.07. The van der Waals surface area contributed by atoms with Crippen LogP contribution in [0.15, 0.2) is 72.9 Å². The molecule has 0 unspecified atom stereocenters. The normalized spacial score (nSPS) is 10.9. The monoisotopic (exact) mass is 313 g/mol. The minimum atomic E-state index is 0.822. The molecule has 3 heteroatoms. The summed E-state index contributed by atoms with van der Waals surface area (Å²) in [5.74, 6) is 0. The van der Waals surface area contributed by atoms with Gasteiger partial charge in [-0.2, -0.15) is 0 Å². The zero-order valence-corrected chi connectivity index (χ0v) is 13.6. The highest BCUT2D eigenvalue weighted by molar-refractivity contribution is 5.61. The maximum atomic E-state index is 4.78. The molecule has 0 saturated carbocycles. The molecule has 2 N–H and O–H groups in total. The summed E-state index contributed by atoms with van der Waals surface area (Å²) >= 11 is 0. The third-order valence-electron chi connectivity index (χ3n) is 4.14. The molecule has 0 aliphatic heterocycles. The van der Waals surface area contributed by atoms with Gasteiger partial charge in [-0.05, 0) is 60.5 Å². The third kappa shape index (κ3) is 3.01. The van der Waals surface area contributed by atoms with Gasteiger partial charge in [-0.15, -0.1) is 0 Å². The molecule has 3 heterocycles. The number of benzene rings is 1.